The number of anilines is 1. The van der Waals surface area contributed by atoms with E-state index in [4.69, 9.17) is 22.1 Å². The summed E-state index contributed by atoms with van der Waals surface area (Å²) in [5, 5.41) is 7.66. The van der Waals surface area contributed by atoms with Crippen LogP contribution in [0.5, 0.6) is 5.75 Å². The summed E-state index contributed by atoms with van der Waals surface area (Å²) in [6.07, 6.45) is 3.39. The SMILES string of the molecule is Cc1ccc(Cl)cc1OCCNC(=O)c1cn(Cc2ccc(Cn3ccccc3=O)cc2)nc1N. The van der Waals surface area contributed by atoms with Crippen molar-refractivity contribution in [3.63, 3.8) is 0 Å². The number of rotatable bonds is 9. The highest BCUT2D eigenvalue weighted by molar-refractivity contribution is 6.30. The number of hydrogen-bond donors (Lipinski definition) is 2. The van der Waals surface area contributed by atoms with Crippen molar-refractivity contribution in [1.82, 2.24) is 19.7 Å². The molecule has 0 aliphatic carbocycles. The van der Waals surface area contributed by atoms with Gasteiger partial charge in [0.25, 0.3) is 11.5 Å². The molecule has 0 radical (unpaired) electrons. The van der Waals surface area contributed by atoms with Crippen LogP contribution in [0.4, 0.5) is 5.82 Å². The number of amides is 1. The second-order valence-electron chi connectivity index (χ2n) is 8.12. The highest BCUT2D eigenvalue weighted by Crippen LogP contribution is 2.22. The second kappa shape index (κ2) is 10.9. The van der Waals surface area contributed by atoms with Crippen LogP contribution in [-0.2, 0) is 13.1 Å². The summed E-state index contributed by atoms with van der Waals surface area (Å²) >= 11 is 6.00. The van der Waals surface area contributed by atoms with Gasteiger partial charge in [0.05, 0.1) is 19.6 Å². The van der Waals surface area contributed by atoms with Gasteiger partial charge >= 0.3 is 0 Å². The number of benzene rings is 2. The monoisotopic (exact) mass is 491 g/mol. The molecule has 0 saturated heterocycles. The first-order valence-electron chi connectivity index (χ1n) is 11.1. The first-order valence-corrected chi connectivity index (χ1v) is 11.5. The molecule has 1 amide bonds. The molecule has 0 bridgehead atoms. The number of aromatic nitrogens is 3. The zero-order valence-electron chi connectivity index (χ0n) is 19.3. The maximum Gasteiger partial charge on any atom is 0.256 e. The summed E-state index contributed by atoms with van der Waals surface area (Å²) in [5.74, 6) is 0.527. The van der Waals surface area contributed by atoms with Crippen LogP contribution in [0.25, 0.3) is 0 Å². The van der Waals surface area contributed by atoms with Crippen molar-refractivity contribution in [3.8, 4) is 5.75 Å². The standard InChI is InChI=1S/C26H26ClN5O3/c1-18-5-10-21(27)14-23(18)35-13-11-29-26(34)22-17-32(30-25(22)28)16-20-8-6-19(7-9-20)15-31-12-3-2-4-24(31)33/h2-10,12,14,17H,11,13,15-16H2,1H3,(H2,28,30)(H,29,34). The van der Waals surface area contributed by atoms with E-state index in [0.29, 0.717) is 42.6 Å². The number of nitrogen functional groups attached to an aromatic ring is 1. The van der Waals surface area contributed by atoms with Crippen LogP contribution in [-0.4, -0.2) is 33.4 Å². The zero-order valence-corrected chi connectivity index (χ0v) is 20.0. The molecule has 9 heteroatoms. The molecular weight excluding hydrogens is 466 g/mol. The van der Waals surface area contributed by atoms with Gasteiger partial charge in [-0.25, -0.2) is 0 Å². The van der Waals surface area contributed by atoms with Gasteiger partial charge in [-0.1, -0.05) is 48.0 Å². The smallest absolute Gasteiger partial charge is 0.256 e. The molecule has 4 rings (SSSR count). The summed E-state index contributed by atoms with van der Waals surface area (Å²) in [5.41, 5.74) is 9.22. The van der Waals surface area contributed by atoms with E-state index in [-0.39, 0.29) is 17.3 Å². The second-order valence-corrected chi connectivity index (χ2v) is 8.56. The Morgan fingerprint density at radius 1 is 1.09 bits per heavy atom. The molecule has 0 atom stereocenters. The number of halogens is 1. The molecular formula is C26H26ClN5O3. The molecule has 2 aromatic heterocycles. The summed E-state index contributed by atoms with van der Waals surface area (Å²) in [4.78, 5) is 24.5. The molecule has 3 N–H and O–H groups in total. The maximum atomic E-state index is 12.6. The Balaban J connectivity index is 1.30. The van der Waals surface area contributed by atoms with Gasteiger partial charge in [-0.15, -0.1) is 0 Å². The van der Waals surface area contributed by atoms with Crippen LogP contribution in [0.1, 0.15) is 27.0 Å². The van der Waals surface area contributed by atoms with E-state index in [1.165, 1.54) is 6.07 Å². The lowest BCUT2D eigenvalue weighted by molar-refractivity contribution is 0.0947. The van der Waals surface area contributed by atoms with Crippen molar-refractivity contribution in [3.05, 3.63) is 111 Å². The molecule has 0 aliphatic rings. The van der Waals surface area contributed by atoms with Gasteiger partial charge in [-0.05, 0) is 41.8 Å². The van der Waals surface area contributed by atoms with E-state index in [0.717, 1.165) is 16.7 Å². The van der Waals surface area contributed by atoms with Crippen molar-refractivity contribution in [2.24, 2.45) is 0 Å². The Kier molecular flexibility index (Phi) is 7.52. The lowest BCUT2D eigenvalue weighted by Crippen LogP contribution is -2.28. The number of carbonyl (C=O) groups excluding carboxylic acids is 1. The topological polar surface area (TPSA) is 104 Å². The van der Waals surface area contributed by atoms with E-state index < -0.39 is 0 Å². The van der Waals surface area contributed by atoms with Gasteiger partial charge in [0.1, 0.15) is 17.9 Å². The average Bonchev–Trinajstić information content (AvgIpc) is 3.21. The van der Waals surface area contributed by atoms with Crippen LogP contribution >= 0.6 is 11.6 Å². The number of hydrogen-bond acceptors (Lipinski definition) is 5. The molecule has 0 unspecified atom stereocenters. The molecule has 4 aromatic rings. The number of pyridine rings is 1. The third kappa shape index (κ3) is 6.30. The quantitative estimate of drug-likeness (QED) is 0.349. The summed E-state index contributed by atoms with van der Waals surface area (Å²) in [7, 11) is 0. The zero-order chi connectivity index (χ0) is 24.8. The number of nitrogens with zero attached hydrogens (tertiary/aromatic N) is 3. The highest BCUT2D eigenvalue weighted by Gasteiger charge is 2.14. The normalized spacial score (nSPS) is 10.8. The summed E-state index contributed by atoms with van der Waals surface area (Å²) < 4.78 is 8.98. The third-order valence-corrected chi connectivity index (χ3v) is 5.68. The van der Waals surface area contributed by atoms with Gasteiger partial charge in [0, 0.05) is 23.5 Å². The fourth-order valence-corrected chi connectivity index (χ4v) is 3.73. The van der Waals surface area contributed by atoms with E-state index in [2.05, 4.69) is 10.4 Å². The van der Waals surface area contributed by atoms with E-state index >= 15 is 0 Å². The average molecular weight is 492 g/mol. The maximum absolute atomic E-state index is 12.6. The van der Waals surface area contributed by atoms with Crippen molar-refractivity contribution in [2.75, 3.05) is 18.9 Å². The van der Waals surface area contributed by atoms with Crippen LogP contribution in [0, 0.1) is 6.92 Å². The van der Waals surface area contributed by atoms with Crippen molar-refractivity contribution in [2.45, 2.75) is 20.0 Å². The molecule has 0 fully saturated rings. The number of nitrogens with one attached hydrogen (secondary N) is 1. The fourth-order valence-electron chi connectivity index (χ4n) is 3.57. The van der Waals surface area contributed by atoms with Crippen molar-refractivity contribution < 1.29 is 9.53 Å². The van der Waals surface area contributed by atoms with Crippen molar-refractivity contribution >= 4 is 23.3 Å². The van der Waals surface area contributed by atoms with Crippen molar-refractivity contribution in [1.29, 1.82) is 0 Å². The summed E-state index contributed by atoms with van der Waals surface area (Å²) in [6, 6.07) is 18.4. The van der Waals surface area contributed by atoms with Gasteiger partial charge < -0.3 is 20.4 Å². The summed E-state index contributed by atoms with van der Waals surface area (Å²) in [6.45, 7) is 3.49. The van der Waals surface area contributed by atoms with E-state index in [1.54, 1.807) is 39.8 Å². The predicted octanol–water partition coefficient (Wildman–Crippen LogP) is 3.49. The van der Waals surface area contributed by atoms with Crippen LogP contribution in [0.3, 0.4) is 0 Å². The number of nitrogens with two attached hydrogens (primary N) is 1. The molecule has 8 nitrogen and oxygen atoms in total. The Hall–Kier alpha value is -4.04. The first kappa shape index (κ1) is 24.1. The minimum atomic E-state index is -0.316. The largest absolute Gasteiger partial charge is 0.491 e. The molecule has 35 heavy (non-hydrogen) atoms. The minimum absolute atomic E-state index is 0.0412. The van der Waals surface area contributed by atoms with Crippen LogP contribution in [0.15, 0.2) is 77.9 Å². The molecule has 2 heterocycles. The molecule has 0 aliphatic heterocycles. The molecule has 0 saturated carbocycles. The minimum Gasteiger partial charge on any atom is -0.491 e. The van der Waals surface area contributed by atoms with E-state index in [9.17, 15) is 9.59 Å². The fraction of sp³-hybridized carbons (Fsp3) is 0.192. The lowest BCUT2D eigenvalue weighted by atomic mass is 10.1. The predicted molar refractivity (Wildman–Crippen MR) is 136 cm³/mol. The lowest BCUT2D eigenvalue weighted by Gasteiger charge is -2.10. The Bertz CT molecular complexity index is 1380. The number of ether oxygens (including phenoxy) is 1. The van der Waals surface area contributed by atoms with Gasteiger partial charge in [0.2, 0.25) is 0 Å². The molecule has 180 valence electrons. The van der Waals surface area contributed by atoms with Gasteiger partial charge in [0.15, 0.2) is 5.82 Å². The number of aryl methyl sites for hydroxylation is 1. The van der Waals surface area contributed by atoms with Gasteiger partial charge in [-0.3, -0.25) is 14.3 Å². The molecule has 2 aromatic carbocycles. The Morgan fingerprint density at radius 2 is 1.83 bits per heavy atom. The highest BCUT2D eigenvalue weighted by atomic mass is 35.5. The van der Waals surface area contributed by atoms with E-state index in [1.807, 2.05) is 43.3 Å². The first-order chi connectivity index (χ1) is 16.9. The third-order valence-electron chi connectivity index (χ3n) is 5.45. The Morgan fingerprint density at radius 3 is 2.57 bits per heavy atom. The van der Waals surface area contributed by atoms with Crippen LogP contribution in [0.2, 0.25) is 5.02 Å². The molecule has 0 spiro atoms. The number of carbonyl (C=O) groups is 1. The van der Waals surface area contributed by atoms with Crippen LogP contribution < -0.4 is 21.3 Å². The Labute approximate surface area is 207 Å². The van der Waals surface area contributed by atoms with Gasteiger partial charge in [-0.2, -0.15) is 5.10 Å².